The molecule has 0 spiro atoms. The number of alkyl halides is 1. The fourth-order valence-corrected chi connectivity index (χ4v) is 3.23. The lowest BCUT2D eigenvalue weighted by Crippen LogP contribution is -2.43. The van der Waals surface area contributed by atoms with Crippen LogP contribution in [0.2, 0.25) is 0 Å². The molecule has 0 atom stereocenters. The Bertz CT molecular complexity index is 725. The number of benzene rings is 1. The van der Waals surface area contributed by atoms with E-state index in [4.69, 9.17) is 0 Å². The molecular formula is C19H22FN3O. The number of amides is 1. The summed E-state index contributed by atoms with van der Waals surface area (Å²) in [6.07, 6.45) is 2.90. The highest BCUT2D eigenvalue weighted by molar-refractivity contribution is 5.95. The lowest BCUT2D eigenvalue weighted by Gasteiger charge is -2.36. The summed E-state index contributed by atoms with van der Waals surface area (Å²) in [5, 5.41) is 0. The van der Waals surface area contributed by atoms with E-state index in [2.05, 4.69) is 9.97 Å². The maximum Gasteiger partial charge on any atom is 0.257 e. The van der Waals surface area contributed by atoms with E-state index in [1.807, 2.05) is 44.2 Å². The van der Waals surface area contributed by atoms with Gasteiger partial charge in [-0.25, -0.2) is 14.4 Å². The largest absolute Gasteiger partial charge is 0.338 e. The summed E-state index contributed by atoms with van der Waals surface area (Å²) in [6, 6.07) is 9.23. The summed E-state index contributed by atoms with van der Waals surface area (Å²) < 4.78 is 15.2. The van der Waals surface area contributed by atoms with E-state index in [0.29, 0.717) is 49.3 Å². The number of hydrogen-bond donors (Lipinski definition) is 0. The smallest absolute Gasteiger partial charge is 0.257 e. The summed E-state index contributed by atoms with van der Waals surface area (Å²) in [6.45, 7) is 4.59. The van der Waals surface area contributed by atoms with Gasteiger partial charge in [-0.15, -0.1) is 0 Å². The first kappa shape index (κ1) is 16.6. The van der Waals surface area contributed by atoms with Crippen LogP contribution in [0.15, 0.2) is 36.5 Å². The number of likely N-dealkylation sites (tertiary alicyclic amines) is 1. The summed E-state index contributed by atoms with van der Waals surface area (Å²) in [7, 11) is 0. The van der Waals surface area contributed by atoms with Crippen LogP contribution in [0.5, 0.6) is 0 Å². The predicted octanol–water partition coefficient (Wildman–Crippen LogP) is 3.45. The van der Waals surface area contributed by atoms with Gasteiger partial charge in [0.1, 0.15) is 11.5 Å². The summed E-state index contributed by atoms with van der Waals surface area (Å²) in [4.78, 5) is 23.0. The third-order valence-corrected chi connectivity index (χ3v) is 4.69. The Balaban J connectivity index is 1.74. The molecule has 1 saturated heterocycles. The average Bonchev–Trinajstić information content (AvgIpc) is 2.62. The van der Waals surface area contributed by atoms with E-state index in [1.54, 1.807) is 11.1 Å². The van der Waals surface area contributed by atoms with Crippen LogP contribution in [0.3, 0.4) is 0 Å². The Morgan fingerprint density at radius 2 is 1.92 bits per heavy atom. The lowest BCUT2D eigenvalue weighted by molar-refractivity contribution is 0.0420. The third-order valence-electron chi connectivity index (χ3n) is 4.69. The number of rotatable bonds is 3. The number of piperidine rings is 1. The van der Waals surface area contributed by atoms with Crippen molar-refractivity contribution in [3.8, 4) is 0 Å². The van der Waals surface area contributed by atoms with Crippen LogP contribution in [0.25, 0.3) is 0 Å². The van der Waals surface area contributed by atoms with Gasteiger partial charge in [0.2, 0.25) is 0 Å². The van der Waals surface area contributed by atoms with Crippen LogP contribution in [0.1, 0.15) is 47.2 Å². The van der Waals surface area contributed by atoms with Gasteiger partial charge in [-0.1, -0.05) is 37.3 Å². The number of aryl methyl sites for hydroxylation is 2. The molecule has 0 radical (unpaired) electrons. The third kappa shape index (κ3) is 3.16. The van der Waals surface area contributed by atoms with E-state index in [0.717, 1.165) is 5.69 Å². The number of halogens is 1. The number of carbonyl (C=O) groups excluding carboxylic acids is 1. The molecule has 1 aliphatic heterocycles. The second kappa shape index (κ2) is 6.67. The first-order chi connectivity index (χ1) is 11.5. The monoisotopic (exact) mass is 327 g/mol. The minimum atomic E-state index is -1.35. The van der Waals surface area contributed by atoms with Crippen molar-refractivity contribution in [2.75, 3.05) is 13.1 Å². The maximum atomic E-state index is 15.2. The number of aromatic nitrogens is 2. The van der Waals surface area contributed by atoms with Crippen molar-refractivity contribution < 1.29 is 9.18 Å². The van der Waals surface area contributed by atoms with Crippen molar-refractivity contribution in [3.05, 3.63) is 59.2 Å². The Labute approximate surface area is 141 Å². The average molecular weight is 327 g/mol. The molecule has 4 nitrogen and oxygen atoms in total. The maximum absolute atomic E-state index is 15.2. The van der Waals surface area contributed by atoms with Gasteiger partial charge in [0.05, 0.1) is 11.3 Å². The fraction of sp³-hybridized carbons (Fsp3) is 0.421. The molecule has 2 aromatic rings. The molecule has 5 heteroatoms. The molecule has 1 fully saturated rings. The van der Waals surface area contributed by atoms with E-state index in [-0.39, 0.29) is 5.91 Å². The van der Waals surface area contributed by atoms with Crippen LogP contribution >= 0.6 is 0 Å². The van der Waals surface area contributed by atoms with Gasteiger partial charge in [0, 0.05) is 32.1 Å². The standard InChI is InChI=1S/C19H22FN3O/c1-3-17-16(13-21-14(2)22-17)18(24)23-11-9-19(20,10-12-23)15-7-5-4-6-8-15/h4-8,13H,3,9-12H2,1-2H3. The summed E-state index contributed by atoms with van der Waals surface area (Å²) in [5.41, 5.74) is 0.641. The zero-order valence-corrected chi connectivity index (χ0v) is 14.1. The molecule has 1 aliphatic rings. The number of carbonyl (C=O) groups is 1. The van der Waals surface area contributed by atoms with Gasteiger partial charge in [-0.3, -0.25) is 4.79 Å². The van der Waals surface area contributed by atoms with Crippen LogP contribution in [0.4, 0.5) is 4.39 Å². The molecule has 2 heterocycles. The van der Waals surface area contributed by atoms with Crippen molar-refractivity contribution in [2.24, 2.45) is 0 Å². The van der Waals surface area contributed by atoms with E-state index in [9.17, 15) is 4.79 Å². The van der Waals surface area contributed by atoms with Crippen molar-refractivity contribution in [3.63, 3.8) is 0 Å². The van der Waals surface area contributed by atoms with Crippen molar-refractivity contribution in [2.45, 2.75) is 38.8 Å². The zero-order valence-electron chi connectivity index (χ0n) is 14.1. The van der Waals surface area contributed by atoms with E-state index in [1.165, 1.54) is 0 Å². The minimum Gasteiger partial charge on any atom is -0.338 e. The van der Waals surface area contributed by atoms with Gasteiger partial charge >= 0.3 is 0 Å². The highest BCUT2D eigenvalue weighted by Gasteiger charge is 2.37. The molecule has 0 saturated carbocycles. The molecule has 24 heavy (non-hydrogen) atoms. The van der Waals surface area contributed by atoms with Crippen LogP contribution in [-0.4, -0.2) is 33.9 Å². The van der Waals surface area contributed by atoms with Gasteiger partial charge in [-0.05, 0) is 18.9 Å². The quantitative estimate of drug-likeness (QED) is 0.867. The molecule has 3 rings (SSSR count). The second-order valence-corrected chi connectivity index (χ2v) is 6.25. The first-order valence-electron chi connectivity index (χ1n) is 8.40. The topological polar surface area (TPSA) is 46.1 Å². The minimum absolute atomic E-state index is 0.0954. The molecule has 1 aromatic heterocycles. The number of nitrogens with zero attached hydrogens (tertiary/aromatic N) is 3. The van der Waals surface area contributed by atoms with E-state index >= 15 is 4.39 Å². The fourth-order valence-electron chi connectivity index (χ4n) is 3.23. The molecule has 0 bridgehead atoms. The van der Waals surface area contributed by atoms with Gasteiger partial charge < -0.3 is 4.90 Å². The van der Waals surface area contributed by atoms with Crippen LogP contribution < -0.4 is 0 Å². The second-order valence-electron chi connectivity index (χ2n) is 6.25. The SMILES string of the molecule is CCc1nc(C)ncc1C(=O)N1CCC(F)(c2ccccc2)CC1. The molecule has 0 aliphatic carbocycles. The Kier molecular flexibility index (Phi) is 4.60. The Morgan fingerprint density at radius 1 is 1.25 bits per heavy atom. The Morgan fingerprint density at radius 3 is 2.54 bits per heavy atom. The van der Waals surface area contributed by atoms with Crippen LogP contribution in [0, 0.1) is 6.92 Å². The van der Waals surface area contributed by atoms with Crippen molar-refractivity contribution in [1.29, 1.82) is 0 Å². The van der Waals surface area contributed by atoms with Crippen LogP contribution in [-0.2, 0) is 12.1 Å². The molecule has 126 valence electrons. The van der Waals surface area contributed by atoms with Gasteiger partial charge in [0.25, 0.3) is 5.91 Å². The lowest BCUT2D eigenvalue weighted by atomic mass is 9.86. The molecule has 1 aromatic carbocycles. The van der Waals surface area contributed by atoms with Gasteiger partial charge in [-0.2, -0.15) is 0 Å². The molecule has 0 unspecified atom stereocenters. The van der Waals surface area contributed by atoms with E-state index < -0.39 is 5.67 Å². The first-order valence-corrected chi connectivity index (χ1v) is 8.40. The Hall–Kier alpha value is -2.30. The zero-order chi connectivity index (χ0) is 17.2. The summed E-state index contributed by atoms with van der Waals surface area (Å²) >= 11 is 0. The highest BCUT2D eigenvalue weighted by atomic mass is 19.1. The number of hydrogen-bond acceptors (Lipinski definition) is 3. The van der Waals surface area contributed by atoms with Crippen molar-refractivity contribution >= 4 is 5.91 Å². The van der Waals surface area contributed by atoms with Gasteiger partial charge in [0.15, 0.2) is 0 Å². The predicted molar refractivity (Wildman–Crippen MR) is 90.5 cm³/mol. The molecule has 0 N–H and O–H groups in total. The highest BCUT2D eigenvalue weighted by Crippen LogP contribution is 2.37. The normalized spacial score (nSPS) is 16.9. The molecule has 1 amide bonds. The summed E-state index contributed by atoms with van der Waals surface area (Å²) in [5.74, 6) is 0.566. The van der Waals surface area contributed by atoms with Crippen molar-refractivity contribution in [1.82, 2.24) is 14.9 Å². The molecular weight excluding hydrogens is 305 g/mol.